The average Bonchev–Trinajstić information content (AvgIpc) is 2.57. The first kappa shape index (κ1) is 18.7. The average molecular weight is 363 g/mol. The Morgan fingerprint density at radius 3 is 2.48 bits per heavy atom. The van der Waals surface area contributed by atoms with Gasteiger partial charge in [-0.05, 0) is 25.0 Å². The van der Waals surface area contributed by atoms with Gasteiger partial charge in [0.25, 0.3) is 5.91 Å². The van der Waals surface area contributed by atoms with Crippen molar-refractivity contribution in [3.05, 3.63) is 60.2 Å². The lowest BCUT2D eigenvalue weighted by atomic mass is 9.77. The van der Waals surface area contributed by atoms with Crippen LogP contribution in [0.15, 0.2) is 54.6 Å². The van der Waals surface area contributed by atoms with Crippen LogP contribution in [0.2, 0.25) is 0 Å². The zero-order chi connectivity index (χ0) is 18.6. The van der Waals surface area contributed by atoms with E-state index in [0.717, 1.165) is 9.80 Å². The van der Waals surface area contributed by atoms with Crippen LogP contribution in [0.4, 0.5) is 4.79 Å². The molecule has 2 rings (SSSR count). The molecule has 1 aromatic carbocycles. The Balaban J connectivity index is 2.46. The Bertz CT molecular complexity index is 719. The molecule has 132 valence electrons. The molecule has 0 saturated carbocycles. The topological polar surface area (TPSA) is 77.9 Å². The third-order valence-electron chi connectivity index (χ3n) is 4.11. The maximum Gasteiger partial charge on any atom is 0.408 e. The second-order valence-corrected chi connectivity index (χ2v) is 6.53. The van der Waals surface area contributed by atoms with E-state index >= 15 is 0 Å². The number of nitrogens with zero attached hydrogens (tertiary/aromatic N) is 2. The summed E-state index contributed by atoms with van der Waals surface area (Å²) in [5.74, 6) is -1.02. The highest BCUT2D eigenvalue weighted by Crippen LogP contribution is 2.38. The van der Waals surface area contributed by atoms with Crippen LogP contribution >= 0.6 is 11.6 Å². The number of amides is 3. The molecule has 7 heteroatoms. The number of halogens is 1. The predicted molar refractivity (Wildman–Crippen MR) is 94.1 cm³/mol. The highest BCUT2D eigenvalue weighted by molar-refractivity contribution is 6.29. The molecule has 1 aliphatic rings. The van der Waals surface area contributed by atoms with Crippen LogP contribution in [-0.4, -0.2) is 46.0 Å². The molecule has 3 amide bonds. The van der Waals surface area contributed by atoms with Gasteiger partial charge in [0.2, 0.25) is 5.91 Å². The van der Waals surface area contributed by atoms with Crippen molar-refractivity contribution >= 4 is 29.5 Å². The number of hydrogen-bond acceptors (Lipinski definition) is 3. The van der Waals surface area contributed by atoms with Crippen LogP contribution in [-0.2, 0) is 4.79 Å². The van der Waals surface area contributed by atoms with E-state index in [0.29, 0.717) is 5.56 Å². The minimum absolute atomic E-state index is 0.0573. The van der Waals surface area contributed by atoms with Gasteiger partial charge in [-0.1, -0.05) is 42.5 Å². The summed E-state index contributed by atoms with van der Waals surface area (Å²) in [5, 5.41) is 9.64. The van der Waals surface area contributed by atoms with Crippen LogP contribution in [0.1, 0.15) is 23.2 Å². The lowest BCUT2D eigenvalue weighted by molar-refractivity contribution is -0.147. The fraction of sp³-hybridized carbons (Fsp3) is 0.278. The number of carbonyl (C=O) groups is 3. The van der Waals surface area contributed by atoms with Gasteiger partial charge in [0.05, 0.1) is 5.41 Å². The third kappa shape index (κ3) is 3.91. The standard InChI is InChI=1S/C18H19ClN2O4/c1-3-9-18(10-13(2)19)11-20(17(24)25)12-21(16(18)23)15(22)14-7-5-4-6-8-14/h3-8H,1-2,9-12H2,(H,24,25)/t18-/m0/s1. The number of carbonyl (C=O) groups excluding carboxylic acids is 2. The molecule has 1 aromatic rings. The number of hydrogen-bond donors (Lipinski definition) is 1. The molecule has 1 N–H and O–H groups in total. The van der Waals surface area contributed by atoms with Gasteiger partial charge in [0, 0.05) is 17.1 Å². The quantitative estimate of drug-likeness (QED) is 0.644. The zero-order valence-corrected chi connectivity index (χ0v) is 14.4. The van der Waals surface area contributed by atoms with E-state index in [9.17, 15) is 19.5 Å². The van der Waals surface area contributed by atoms with Crippen molar-refractivity contribution in [3.63, 3.8) is 0 Å². The van der Waals surface area contributed by atoms with E-state index < -0.39 is 23.3 Å². The van der Waals surface area contributed by atoms with Gasteiger partial charge < -0.3 is 5.11 Å². The van der Waals surface area contributed by atoms with Crippen molar-refractivity contribution in [1.82, 2.24) is 9.80 Å². The third-order valence-corrected chi connectivity index (χ3v) is 4.24. The molecule has 1 aliphatic heterocycles. The summed E-state index contributed by atoms with van der Waals surface area (Å²) < 4.78 is 0. The molecule has 0 unspecified atom stereocenters. The number of allylic oxidation sites excluding steroid dienone is 2. The minimum Gasteiger partial charge on any atom is -0.465 e. The Labute approximate surface area is 151 Å². The lowest BCUT2D eigenvalue weighted by Gasteiger charge is -2.44. The molecule has 1 atom stereocenters. The normalized spacial score (nSPS) is 20.3. The van der Waals surface area contributed by atoms with Crippen molar-refractivity contribution < 1.29 is 19.5 Å². The molecule has 0 bridgehead atoms. The second-order valence-electron chi connectivity index (χ2n) is 5.99. The van der Waals surface area contributed by atoms with E-state index in [1.165, 1.54) is 6.08 Å². The molecule has 0 spiro atoms. The van der Waals surface area contributed by atoms with Gasteiger partial charge in [-0.2, -0.15) is 0 Å². The first-order valence-corrected chi connectivity index (χ1v) is 8.02. The molecular formula is C18H19ClN2O4. The smallest absolute Gasteiger partial charge is 0.408 e. The van der Waals surface area contributed by atoms with Crippen LogP contribution in [0.25, 0.3) is 0 Å². The van der Waals surface area contributed by atoms with Crippen molar-refractivity contribution in [2.24, 2.45) is 5.41 Å². The van der Waals surface area contributed by atoms with Gasteiger partial charge in [0.15, 0.2) is 0 Å². The molecule has 25 heavy (non-hydrogen) atoms. The summed E-state index contributed by atoms with van der Waals surface area (Å²) in [6, 6.07) is 8.25. The van der Waals surface area contributed by atoms with E-state index in [4.69, 9.17) is 11.6 Å². The molecule has 1 saturated heterocycles. The minimum atomic E-state index is -1.22. The van der Waals surface area contributed by atoms with E-state index in [2.05, 4.69) is 13.2 Å². The summed E-state index contributed by atoms with van der Waals surface area (Å²) in [7, 11) is 0. The SMILES string of the molecule is C=CC[C@]1(CC(=C)Cl)CN(C(=O)O)CN(C(=O)c2ccccc2)C1=O. The maximum atomic E-state index is 13.1. The molecule has 0 radical (unpaired) electrons. The summed E-state index contributed by atoms with van der Waals surface area (Å²) in [5.41, 5.74) is -0.887. The van der Waals surface area contributed by atoms with Gasteiger partial charge in [-0.3, -0.25) is 19.4 Å². The molecule has 0 aromatic heterocycles. The maximum absolute atomic E-state index is 13.1. The van der Waals surface area contributed by atoms with Crippen molar-refractivity contribution in [2.45, 2.75) is 12.8 Å². The van der Waals surface area contributed by atoms with Crippen LogP contribution in [0.5, 0.6) is 0 Å². The monoisotopic (exact) mass is 362 g/mol. The zero-order valence-electron chi connectivity index (χ0n) is 13.7. The summed E-state index contributed by atoms with van der Waals surface area (Å²) in [6.45, 7) is 6.87. The number of imide groups is 1. The molecule has 1 heterocycles. The van der Waals surface area contributed by atoms with Gasteiger partial charge in [0.1, 0.15) is 6.67 Å². The number of rotatable bonds is 5. The Morgan fingerprint density at radius 2 is 1.96 bits per heavy atom. The fourth-order valence-corrected chi connectivity index (χ4v) is 3.28. The number of benzene rings is 1. The van der Waals surface area contributed by atoms with Gasteiger partial charge in [-0.25, -0.2) is 4.79 Å². The van der Waals surface area contributed by atoms with E-state index in [1.54, 1.807) is 30.3 Å². The Kier molecular flexibility index (Phi) is 5.64. The van der Waals surface area contributed by atoms with Crippen molar-refractivity contribution in [3.8, 4) is 0 Å². The number of carboxylic acid groups (broad SMARTS) is 1. The fourth-order valence-electron chi connectivity index (χ4n) is 3.02. The van der Waals surface area contributed by atoms with Crippen LogP contribution in [0.3, 0.4) is 0 Å². The van der Waals surface area contributed by atoms with Gasteiger partial charge in [-0.15, -0.1) is 6.58 Å². The predicted octanol–water partition coefficient (Wildman–Crippen LogP) is 3.31. The van der Waals surface area contributed by atoms with Crippen molar-refractivity contribution in [1.29, 1.82) is 0 Å². The molecular weight excluding hydrogens is 344 g/mol. The molecule has 1 fully saturated rings. The van der Waals surface area contributed by atoms with Gasteiger partial charge >= 0.3 is 6.09 Å². The second kappa shape index (κ2) is 7.53. The van der Waals surface area contributed by atoms with Crippen molar-refractivity contribution in [2.75, 3.05) is 13.2 Å². The van der Waals surface area contributed by atoms with Crippen LogP contribution in [0, 0.1) is 5.41 Å². The Hall–Kier alpha value is -2.60. The Morgan fingerprint density at radius 1 is 1.32 bits per heavy atom. The largest absolute Gasteiger partial charge is 0.465 e. The lowest BCUT2D eigenvalue weighted by Crippen LogP contribution is -2.61. The molecule has 6 nitrogen and oxygen atoms in total. The highest BCUT2D eigenvalue weighted by atomic mass is 35.5. The van der Waals surface area contributed by atoms with E-state index in [1.807, 2.05) is 0 Å². The molecule has 0 aliphatic carbocycles. The first-order valence-electron chi connectivity index (χ1n) is 7.64. The summed E-state index contributed by atoms with van der Waals surface area (Å²) >= 11 is 5.92. The highest BCUT2D eigenvalue weighted by Gasteiger charge is 2.49. The summed E-state index contributed by atoms with van der Waals surface area (Å²) in [4.78, 5) is 39.4. The van der Waals surface area contributed by atoms with E-state index in [-0.39, 0.29) is 31.1 Å². The first-order chi connectivity index (χ1) is 11.8. The van der Waals surface area contributed by atoms with Crippen LogP contribution < -0.4 is 0 Å². The summed E-state index contributed by atoms with van der Waals surface area (Å²) in [6.07, 6.45) is 0.544.